The van der Waals surface area contributed by atoms with E-state index in [9.17, 15) is 0 Å². The van der Waals surface area contributed by atoms with Gasteiger partial charge in [-0.05, 0) is 19.3 Å². The molecule has 0 aromatic rings. The number of hydrogen-bond acceptors (Lipinski definition) is 2. The summed E-state index contributed by atoms with van der Waals surface area (Å²) in [4.78, 5) is 0. The van der Waals surface area contributed by atoms with Gasteiger partial charge in [-0.1, -0.05) is 62.3 Å². The summed E-state index contributed by atoms with van der Waals surface area (Å²) in [5, 5.41) is 10.1. The minimum Gasteiger partial charge on any atom is -0.395 e. The minimum absolute atomic E-state index is 0.0768. The third-order valence-electron chi connectivity index (χ3n) is 8.64. The molecule has 0 saturated heterocycles. The molecule has 0 aromatic carbocycles. The van der Waals surface area contributed by atoms with Crippen LogP contribution < -0.4 is 5.73 Å². The molecule has 29 heavy (non-hydrogen) atoms. The molecular weight excluding hydrogens is 344 g/mol. The highest BCUT2D eigenvalue weighted by Crippen LogP contribution is 2.64. The van der Waals surface area contributed by atoms with Gasteiger partial charge in [-0.2, -0.15) is 0 Å². The molecule has 0 amide bonds. The largest absolute Gasteiger partial charge is 0.395 e. The van der Waals surface area contributed by atoms with E-state index in [-0.39, 0.29) is 23.1 Å². The van der Waals surface area contributed by atoms with E-state index in [4.69, 9.17) is 10.8 Å². The predicted molar refractivity (Wildman–Crippen MR) is 158 cm³/mol. The van der Waals surface area contributed by atoms with Crippen molar-refractivity contribution >= 4 is 70.6 Å². The number of rotatable bonds is 16. The number of aliphatic hydroxyl groups excluding tert-OH is 1. The van der Waals surface area contributed by atoms with Crippen molar-refractivity contribution in [3.63, 3.8) is 0 Å². The van der Waals surface area contributed by atoms with Crippen molar-refractivity contribution in [2.75, 3.05) is 6.61 Å². The van der Waals surface area contributed by atoms with Crippen molar-refractivity contribution < 1.29 is 5.11 Å². The Hall–Kier alpha value is 0.244. The summed E-state index contributed by atoms with van der Waals surface area (Å²) in [7, 11) is 22.1. The maximum absolute atomic E-state index is 8.89. The van der Waals surface area contributed by atoms with Crippen LogP contribution in [0.5, 0.6) is 0 Å². The first kappa shape index (κ1) is 29.2. The Morgan fingerprint density at radius 2 is 1.17 bits per heavy atom. The zero-order chi connectivity index (χ0) is 22.8. The summed E-state index contributed by atoms with van der Waals surface area (Å²) >= 11 is 0. The molecule has 0 aliphatic heterocycles. The highest BCUT2D eigenvalue weighted by Gasteiger charge is 2.50. The molecule has 3 N–H and O–H groups in total. The zero-order valence-electron chi connectivity index (χ0n) is 21.5. The summed E-state index contributed by atoms with van der Waals surface area (Å²) in [5.74, 6) is 0. The van der Waals surface area contributed by atoms with Gasteiger partial charge in [0.25, 0.3) is 0 Å². The third kappa shape index (κ3) is 9.50. The fourth-order valence-electron chi connectivity index (χ4n) is 4.27. The van der Waals surface area contributed by atoms with E-state index < -0.39 is 0 Å². The molecule has 0 radical (unpaired) electrons. The van der Waals surface area contributed by atoms with E-state index >= 15 is 0 Å². The number of nitrogens with two attached hydrogens (primary N) is 1. The summed E-state index contributed by atoms with van der Waals surface area (Å²) in [6, 6.07) is -0.0960. The van der Waals surface area contributed by atoms with Crippen molar-refractivity contribution in [3.8, 4) is 0 Å². The molecule has 0 bridgehead atoms. The lowest BCUT2D eigenvalue weighted by molar-refractivity contribution is 0.266. The summed E-state index contributed by atoms with van der Waals surface area (Å²) in [6.07, 6.45) is 17.0. The Bertz CT molecular complexity index is 478. The van der Waals surface area contributed by atoms with E-state index in [1.54, 1.807) is 0 Å². The van der Waals surface area contributed by atoms with Gasteiger partial charge in [-0.3, -0.25) is 0 Å². The Labute approximate surface area is 191 Å². The fraction of sp³-hybridized carbons (Fsp3) is 0.889. The number of unbranched alkanes of at least 4 members (excludes halogenated alkanes) is 7. The topological polar surface area (TPSA) is 46.2 Å². The third-order valence-corrected chi connectivity index (χ3v) is 8.64. The molecule has 0 aliphatic rings. The summed E-state index contributed by atoms with van der Waals surface area (Å²) in [5.41, 5.74) is 5.68. The first-order chi connectivity index (χ1) is 13.2. The average molecular weight is 390 g/mol. The van der Waals surface area contributed by atoms with Gasteiger partial charge in [-0.15, -0.1) is 15.5 Å². The molecule has 0 rings (SSSR count). The normalized spacial score (nSPS) is 15.0. The van der Waals surface area contributed by atoms with Crippen LogP contribution in [0.15, 0.2) is 12.2 Å². The Morgan fingerprint density at radius 3 is 1.66 bits per heavy atom. The SMILES string of the molecule is BC(B)(B)C(B)(B)C(B)(B)C(B)(B)CCCCCCCCC/C=C/C[C@@H](N)CO. The van der Waals surface area contributed by atoms with Crippen LogP contribution in [0.25, 0.3) is 0 Å². The zero-order valence-corrected chi connectivity index (χ0v) is 21.5. The molecule has 0 heterocycles. The van der Waals surface area contributed by atoms with Gasteiger partial charge < -0.3 is 10.8 Å². The van der Waals surface area contributed by atoms with Crippen LogP contribution in [0.4, 0.5) is 0 Å². The van der Waals surface area contributed by atoms with E-state index in [1.165, 1.54) is 51.4 Å². The van der Waals surface area contributed by atoms with Crippen molar-refractivity contribution in [1.29, 1.82) is 0 Å². The molecule has 0 unspecified atom stereocenters. The van der Waals surface area contributed by atoms with Gasteiger partial charge in [0.1, 0.15) is 0 Å². The quantitative estimate of drug-likeness (QED) is 0.160. The Balaban J connectivity index is 4.03. The van der Waals surface area contributed by atoms with Gasteiger partial charge in [0.2, 0.25) is 0 Å². The summed E-state index contributed by atoms with van der Waals surface area (Å²) in [6.45, 7) is 0.0768. The van der Waals surface area contributed by atoms with Gasteiger partial charge in [-0.25, -0.2) is 0 Å². The lowest BCUT2D eigenvalue weighted by atomic mass is 9.08. The van der Waals surface area contributed by atoms with E-state index in [1.807, 2.05) is 0 Å². The first-order valence-corrected chi connectivity index (χ1v) is 12.2. The van der Waals surface area contributed by atoms with Crippen LogP contribution in [0, 0.1) is 0 Å². The van der Waals surface area contributed by atoms with Crippen molar-refractivity contribution in [2.45, 2.75) is 91.0 Å². The van der Waals surface area contributed by atoms with Gasteiger partial charge in [0.15, 0.2) is 0 Å². The molecule has 0 aliphatic carbocycles. The van der Waals surface area contributed by atoms with Crippen LogP contribution in [-0.4, -0.2) is 88.4 Å². The van der Waals surface area contributed by atoms with E-state index in [0.717, 1.165) is 12.8 Å². The maximum atomic E-state index is 8.89. The lowest BCUT2D eigenvalue weighted by Crippen LogP contribution is -2.50. The first-order valence-electron chi connectivity index (χ1n) is 12.2. The summed E-state index contributed by atoms with van der Waals surface area (Å²) < 4.78 is 0. The second-order valence-electron chi connectivity index (χ2n) is 12.0. The highest BCUT2D eigenvalue weighted by atomic mass is 16.3. The highest BCUT2D eigenvalue weighted by molar-refractivity contribution is 6.72. The second-order valence-corrected chi connectivity index (χ2v) is 12.0. The Morgan fingerprint density at radius 1 is 0.690 bits per heavy atom. The minimum atomic E-state index is -0.0960. The van der Waals surface area contributed by atoms with E-state index in [0.29, 0.717) is 10.3 Å². The van der Waals surface area contributed by atoms with Gasteiger partial charge >= 0.3 is 0 Å². The number of allylic oxidation sites excluding steroid dienone is 1. The fourth-order valence-corrected chi connectivity index (χ4v) is 4.27. The molecule has 156 valence electrons. The molecule has 11 heteroatoms. The average Bonchev–Trinajstić information content (AvgIpc) is 2.60. The van der Waals surface area contributed by atoms with Gasteiger partial charge in [0.05, 0.1) is 77.2 Å². The predicted octanol–water partition coefficient (Wildman–Crippen LogP) is -4.12. The van der Waals surface area contributed by atoms with Crippen LogP contribution in [0.1, 0.15) is 64.2 Å². The second kappa shape index (κ2) is 12.9. The molecule has 0 spiro atoms. The monoisotopic (exact) mass is 391 g/mol. The van der Waals surface area contributed by atoms with Crippen molar-refractivity contribution in [1.82, 2.24) is 0 Å². The Kier molecular flexibility index (Phi) is 13.1. The lowest BCUT2D eigenvalue weighted by Gasteiger charge is -2.60. The van der Waals surface area contributed by atoms with Crippen molar-refractivity contribution in [3.05, 3.63) is 12.2 Å². The van der Waals surface area contributed by atoms with Crippen LogP contribution in [-0.2, 0) is 0 Å². The van der Waals surface area contributed by atoms with E-state index in [2.05, 4.69) is 82.8 Å². The van der Waals surface area contributed by atoms with Gasteiger partial charge in [0, 0.05) is 6.04 Å². The van der Waals surface area contributed by atoms with Crippen molar-refractivity contribution in [2.24, 2.45) is 5.73 Å². The number of aliphatic hydroxyl groups is 1. The molecule has 0 aromatic heterocycles. The molecular formula is C18H46B9NO. The number of hydrogen-bond donors (Lipinski definition) is 2. The van der Waals surface area contributed by atoms with Crippen LogP contribution in [0.2, 0.25) is 20.8 Å². The van der Waals surface area contributed by atoms with Crippen LogP contribution >= 0.6 is 0 Å². The molecule has 0 fully saturated rings. The standard InChI is InChI=1S/C18H46B9NO/c19-15(20,16(21,22)17(23,24)18(25,26)27)12-10-8-6-4-2-1-3-5-7-9-11-14(28)13-29/h7,9,14,29H,1-6,8,10-13,19-28H2/b9-7+/t14-/m1/s1. The smallest absolute Gasteiger partial charge is 0.0980 e. The molecule has 1 atom stereocenters. The van der Waals surface area contributed by atoms with Crippen LogP contribution in [0.3, 0.4) is 0 Å². The molecule has 2 nitrogen and oxygen atoms in total. The maximum Gasteiger partial charge on any atom is 0.0980 e. The molecule has 0 saturated carbocycles.